The monoisotopic (exact) mass is 394 g/mol. The van der Waals surface area contributed by atoms with E-state index in [1.165, 1.54) is 24.3 Å². The molecule has 0 unspecified atom stereocenters. The van der Waals surface area contributed by atoms with Gasteiger partial charge in [0.05, 0.1) is 18.1 Å². The molecule has 4 aromatic rings. The van der Waals surface area contributed by atoms with E-state index in [1.807, 2.05) is 24.6 Å². The Morgan fingerprint density at radius 3 is 2.76 bits per heavy atom. The molecule has 0 fully saturated rings. The molecule has 1 aromatic carbocycles. The molecular weight excluding hydrogens is 375 g/mol. The summed E-state index contributed by atoms with van der Waals surface area (Å²) < 4.78 is 25.8. The van der Waals surface area contributed by atoms with Crippen molar-refractivity contribution in [3.8, 4) is 5.75 Å². The predicted octanol–water partition coefficient (Wildman–Crippen LogP) is 4.58. The highest BCUT2D eigenvalue weighted by molar-refractivity contribution is 6.02. The molecule has 0 saturated carbocycles. The summed E-state index contributed by atoms with van der Waals surface area (Å²) in [5, 5.41) is 7.92. The number of benzene rings is 1. The Balaban J connectivity index is 1.41. The van der Waals surface area contributed by atoms with Gasteiger partial charge in [0.1, 0.15) is 23.9 Å². The molecule has 0 saturated heterocycles. The summed E-state index contributed by atoms with van der Waals surface area (Å²) in [6.07, 6.45) is 3.30. The molecule has 7 nitrogen and oxygen atoms in total. The van der Waals surface area contributed by atoms with E-state index in [-0.39, 0.29) is 24.2 Å². The number of anilines is 1. The van der Waals surface area contributed by atoms with Gasteiger partial charge >= 0.3 is 0 Å². The summed E-state index contributed by atoms with van der Waals surface area (Å²) in [7, 11) is 0. The van der Waals surface area contributed by atoms with Crippen molar-refractivity contribution in [1.82, 2.24) is 14.8 Å². The largest absolute Gasteiger partial charge is 0.486 e. The Morgan fingerprint density at radius 2 is 2.00 bits per heavy atom. The molecule has 0 bridgehead atoms. The van der Waals surface area contributed by atoms with E-state index in [0.29, 0.717) is 17.2 Å². The first-order chi connectivity index (χ1) is 14.0. The average Bonchev–Trinajstić information content (AvgIpc) is 3.34. The molecule has 0 aliphatic heterocycles. The summed E-state index contributed by atoms with van der Waals surface area (Å²) in [5.41, 5.74) is 1.31. The highest BCUT2D eigenvalue weighted by Gasteiger charge is 2.14. The van der Waals surface area contributed by atoms with Crippen LogP contribution in [-0.2, 0) is 6.61 Å². The second-order valence-corrected chi connectivity index (χ2v) is 6.78. The van der Waals surface area contributed by atoms with Gasteiger partial charge in [0.15, 0.2) is 11.4 Å². The van der Waals surface area contributed by atoms with Crippen LogP contribution >= 0.6 is 0 Å². The molecule has 1 amide bonds. The fourth-order valence-corrected chi connectivity index (χ4v) is 2.84. The molecule has 29 heavy (non-hydrogen) atoms. The van der Waals surface area contributed by atoms with Gasteiger partial charge in [0.25, 0.3) is 5.91 Å². The van der Waals surface area contributed by atoms with Crippen molar-refractivity contribution in [2.24, 2.45) is 0 Å². The average molecular weight is 394 g/mol. The number of amides is 1. The van der Waals surface area contributed by atoms with Crippen LogP contribution in [0.25, 0.3) is 11.0 Å². The summed E-state index contributed by atoms with van der Waals surface area (Å²) in [5.74, 6) is 0.413. The number of hydrogen-bond acceptors (Lipinski definition) is 5. The molecule has 0 atom stereocenters. The van der Waals surface area contributed by atoms with E-state index in [0.717, 1.165) is 11.0 Å². The van der Waals surface area contributed by atoms with E-state index in [9.17, 15) is 9.18 Å². The smallest absolute Gasteiger partial charge is 0.291 e. The van der Waals surface area contributed by atoms with Crippen LogP contribution in [0.3, 0.4) is 0 Å². The molecule has 0 radical (unpaired) electrons. The first kappa shape index (κ1) is 18.7. The molecule has 148 valence electrons. The summed E-state index contributed by atoms with van der Waals surface area (Å²) in [6.45, 7) is 4.18. The standard InChI is InChI=1S/C21H19FN4O3/c1-13(2)26-20-14(10-24-26)9-16(11-23-20)25-21(27)19-8-7-18(29-19)12-28-17-5-3-15(22)4-6-17/h3-11,13H,12H2,1-2H3,(H,25,27). The topological polar surface area (TPSA) is 82.2 Å². The third-order valence-electron chi connectivity index (χ3n) is 4.26. The Labute approximate surface area is 166 Å². The molecule has 8 heteroatoms. The van der Waals surface area contributed by atoms with Crippen molar-refractivity contribution in [1.29, 1.82) is 0 Å². The second kappa shape index (κ2) is 7.75. The van der Waals surface area contributed by atoms with Crippen LogP contribution in [0.5, 0.6) is 5.75 Å². The molecule has 0 spiro atoms. The quantitative estimate of drug-likeness (QED) is 0.518. The van der Waals surface area contributed by atoms with Gasteiger partial charge in [-0.15, -0.1) is 0 Å². The molecule has 3 heterocycles. The van der Waals surface area contributed by atoms with Crippen LogP contribution in [-0.4, -0.2) is 20.7 Å². The number of aromatic nitrogens is 3. The maximum absolute atomic E-state index is 12.9. The van der Waals surface area contributed by atoms with Crippen LogP contribution in [0.15, 0.2) is 59.3 Å². The van der Waals surface area contributed by atoms with Gasteiger partial charge in [-0.05, 0) is 56.3 Å². The van der Waals surface area contributed by atoms with Crippen LogP contribution < -0.4 is 10.1 Å². The van der Waals surface area contributed by atoms with Crippen LogP contribution in [0.2, 0.25) is 0 Å². The van der Waals surface area contributed by atoms with Crippen LogP contribution in [0, 0.1) is 5.82 Å². The van der Waals surface area contributed by atoms with Crippen molar-refractivity contribution in [3.63, 3.8) is 0 Å². The van der Waals surface area contributed by atoms with Gasteiger partial charge in [-0.2, -0.15) is 5.10 Å². The van der Waals surface area contributed by atoms with Gasteiger partial charge in [-0.1, -0.05) is 0 Å². The Hall–Kier alpha value is -3.68. The molecule has 0 aliphatic rings. The van der Waals surface area contributed by atoms with Gasteiger partial charge in [0.2, 0.25) is 0 Å². The highest BCUT2D eigenvalue weighted by atomic mass is 19.1. The predicted molar refractivity (Wildman–Crippen MR) is 105 cm³/mol. The molecule has 0 aliphatic carbocycles. The van der Waals surface area contributed by atoms with Gasteiger partial charge < -0.3 is 14.5 Å². The lowest BCUT2D eigenvalue weighted by Crippen LogP contribution is -2.11. The first-order valence-corrected chi connectivity index (χ1v) is 9.11. The minimum atomic E-state index is -0.393. The number of furan rings is 1. The zero-order valence-electron chi connectivity index (χ0n) is 15.9. The van der Waals surface area contributed by atoms with Gasteiger partial charge in [0, 0.05) is 11.4 Å². The molecular formula is C21H19FN4O3. The van der Waals surface area contributed by atoms with Crippen molar-refractivity contribution in [3.05, 3.63) is 72.2 Å². The van der Waals surface area contributed by atoms with E-state index >= 15 is 0 Å². The van der Waals surface area contributed by atoms with Crippen molar-refractivity contribution in [2.45, 2.75) is 26.5 Å². The minimum Gasteiger partial charge on any atom is -0.486 e. The van der Waals surface area contributed by atoms with Gasteiger partial charge in [-0.3, -0.25) is 4.79 Å². The Kier molecular flexibility index (Phi) is 4.99. The summed E-state index contributed by atoms with van der Waals surface area (Å²) in [6, 6.07) is 10.9. The lowest BCUT2D eigenvalue weighted by Gasteiger charge is -2.07. The number of nitrogens with one attached hydrogen (secondary N) is 1. The van der Waals surface area contributed by atoms with E-state index in [4.69, 9.17) is 9.15 Å². The number of carbonyl (C=O) groups is 1. The maximum Gasteiger partial charge on any atom is 0.291 e. The zero-order valence-corrected chi connectivity index (χ0v) is 15.9. The SMILES string of the molecule is CC(C)n1ncc2cc(NC(=O)c3ccc(COc4ccc(F)cc4)o3)cnc21. The second-order valence-electron chi connectivity index (χ2n) is 6.78. The normalized spacial score (nSPS) is 11.2. The Morgan fingerprint density at radius 1 is 1.21 bits per heavy atom. The fraction of sp³-hybridized carbons (Fsp3) is 0.190. The highest BCUT2D eigenvalue weighted by Crippen LogP contribution is 2.20. The number of rotatable bonds is 6. The van der Waals surface area contributed by atoms with E-state index in [2.05, 4.69) is 15.4 Å². The third kappa shape index (κ3) is 4.11. The minimum absolute atomic E-state index is 0.126. The number of hydrogen-bond donors (Lipinski definition) is 1. The van der Waals surface area contributed by atoms with Crippen molar-refractivity contribution < 1.29 is 18.3 Å². The number of fused-ring (bicyclic) bond motifs is 1. The number of pyridine rings is 1. The molecule has 1 N–H and O–H groups in total. The third-order valence-corrected chi connectivity index (χ3v) is 4.26. The van der Waals surface area contributed by atoms with E-state index < -0.39 is 5.91 Å². The van der Waals surface area contributed by atoms with E-state index in [1.54, 1.807) is 24.5 Å². The van der Waals surface area contributed by atoms with Gasteiger partial charge in [-0.25, -0.2) is 14.1 Å². The number of ether oxygens (including phenoxy) is 1. The van der Waals surface area contributed by atoms with Crippen molar-refractivity contribution in [2.75, 3.05) is 5.32 Å². The number of nitrogens with zero attached hydrogens (tertiary/aromatic N) is 3. The lowest BCUT2D eigenvalue weighted by molar-refractivity contribution is 0.0992. The Bertz CT molecular complexity index is 1150. The van der Waals surface area contributed by atoms with Crippen molar-refractivity contribution >= 4 is 22.6 Å². The lowest BCUT2D eigenvalue weighted by atomic mass is 10.3. The fourth-order valence-electron chi connectivity index (χ4n) is 2.84. The zero-order chi connectivity index (χ0) is 20.4. The summed E-state index contributed by atoms with van der Waals surface area (Å²) in [4.78, 5) is 16.8. The van der Waals surface area contributed by atoms with Crippen LogP contribution in [0.1, 0.15) is 36.2 Å². The first-order valence-electron chi connectivity index (χ1n) is 9.11. The number of halogens is 1. The molecule has 3 aromatic heterocycles. The van der Waals surface area contributed by atoms with Crippen LogP contribution in [0.4, 0.5) is 10.1 Å². The maximum atomic E-state index is 12.9. The summed E-state index contributed by atoms with van der Waals surface area (Å²) >= 11 is 0. The molecule has 4 rings (SSSR count). The number of carbonyl (C=O) groups excluding carboxylic acids is 1.